The van der Waals surface area contributed by atoms with Crippen LogP contribution in [0.1, 0.15) is 49.8 Å². The molecule has 8 nitrogen and oxygen atoms in total. The zero-order chi connectivity index (χ0) is 26.2. The molecule has 1 aliphatic heterocycles. The average Bonchev–Trinajstić information content (AvgIpc) is 2.91. The number of carboxylic acids is 1. The Bertz CT molecular complexity index is 1170. The summed E-state index contributed by atoms with van der Waals surface area (Å²) >= 11 is 0. The van der Waals surface area contributed by atoms with Crippen molar-refractivity contribution >= 4 is 5.97 Å². The molecule has 0 saturated carbocycles. The van der Waals surface area contributed by atoms with Crippen molar-refractivity contribution in [2.75, 3.05) is 19.8 Å². The topological polar surface area (TPSA) is 94.0 Å². The number of hydrogen-bond donors (Lipinski definition) is 1. The molecule has 0 radical (unpaired) electrons. The van der Waals surface area contributed by atoms with Crippen molar-refractivity contribution in [1.29, 1.82) is 0 Å². The van der Waals surface area contributed by atoms with Crippen LogP contribution in [-0.4, -0.2) is 51.7 Å². The first-order valence-electron chi connectivity index (χ1n) is 12.9. The molecule has 1 aliphatic rings. The summed E-state index contributed by atoms with van der Waals surface area (Å²) in [5.41, 5.74) is 5.11. The molecular weight excluding hydrogens is 470 g/mol. The molecule has 3 aromatic rings. The van der Waals surface area contributed by atoms with Crippen LogP contribution in [0.25, 0.3) is 11.1 Å². The second-order valence-electron chi connectivity index (χ2n) is 9.03. The summed E-state index contributed by atoms with van der Waals surface area (Å²) in [5, 5.41) is 9.71. The molecule has 4 rings (SSSR count). The van der Waals surface area contributed by atoms with Crippen LogP contribution in [0, 0.1) is 6.92 Å². The molecule has 0 bridgehead atoms. The van der Waals surface area contributed by atoms with E-state index in [1.807, 2.05) is 49.1 Å². The number of carboxylic acid groups (broad SMARTS) is 1. The second kappa shape index (κ2) is 12.5. The second-order valence-corrected chi connectivity index (χ2v) is 9.03. The summed E-state index contributed by atoms with van der Waals surface area (Å²) < 4.78 is 17.8. The lowest BCUT2D eigenvalue weighted by molar-refractivity contribution is -0.144. The fourth-order valence-electron chi connectivity index (χ4n) is 4.71. The zero-order valence-electron chi connectivity index (χ0n) is 21.8. The summed E-state index contributed by atoms with van der Waals surface area (Å²) in [5.74, 6) is -0.0922. The highest BCUT2D eigenvalue weighted by Gasteiger charge is 2.31. The van der Waals surface area contributed by atoms with Gasteiger partial charge in [-0.3, -0.25) is 9.69 Å². The number of likely N-dealkylation sites (tertiary alicyclic amines) is 1. The smallest absolute Gasteiger partial charge is 0.323 e. The summed E-state index contributed by atoms with van der Waals surface area (Å²) in [6.07, 6.45) is 2.46. The van der Waals surface area contributed by atoms with E-state index in [4.69, 9.17) is 14.2 Å². The summed E-state index contributed by atoms with van der Waals surface area (Å²) in [6.45, 7) is 7.95. The summed E-state index contributed by atoms with van der Waals surface area (Å²) in [6, 6.07) is 16.0. The van der Waals surface area contributed by atoms with Gasteiger partial charge in [0, 0.05) is 6.54 Å². The first-order chi connectivity index (χ1) is 18.0. The first-order valence-corrected chi connectivity index (χ1v) is 12.9. The van der Waals surface area contributed by atoms with Gasteiger partial charge in [0.15, 0.2) is 0 Å². The Labute approximate surface area is 218 Å². The molecule has 1 aromatic heterocycles. The number of carbonyl (C=O) groups is 1. The Hall–Kier alpha value is -3.65. The molecule has 1 unspecified atom stereocenters. The van der Waals surface area contributed by atoms with Crippen LogP contribution in [0.5, 0.6) is 17.8 Å². The Kier molecular flexibility index (Phi) is 8.95. The lowest BCUT2D eigenvalue weighted by atomic mass is 9.97. The van der Waals surface area contributed by atoms with Crippen LogP contribution >= 0.6 is 0 Å². The normalized spacial score (nSPS) is 15.8. The van der Waals surface area contributed by atoms with E-state index in [9.17, 15) is 9.90 Å². The number of hydrogen-bond acceptors (Lipinski definition) is 7. The van der Waals surface area contributed by atoms with E-state index in [1.165, 1.54) is 0 Å². The molecule has 0 spiro atoms. The maximum absolute atomic E-state index is 11.8. The maximum atomic E-state index is 11.8. The zero-order valence-corrected chi connectivity index (χ0v) is 21.8. The van der Waals surface area contributed by atoms with Gasteiger partial charge in [0.05, 0.1) is 18.8 Å². The molecule has 0 amide bonds. The van der Waals surface area contributed by atoms with Gasteiger partial charge < -0.3 is 19.3 Å². The number of ether oxygens (including phenoxy) is 3. The van der Waals surface area contributed by atoms with Crippen LogP contribution in [0.15, 0.2) is 48.5 Å². The van der Waals surface area contributed by atoms with Gasteiger partial charge >= 0.3 is 12.0 Å². The van der Waals surface area contributed by atoms with E-state index < -0.39 is 12.0 Å². The fourth-order valence-corrected chi connectivity index (χ4v) is 4.71. The molecule has 1 saturated heterocycles. The highest BCUT2D eigenvalue weighted by molar-refractivity contribution is 5.73. The number of rotatable bonds is 11. The SMILES string of the molecule is CCOc1nc(OCc2cccc(-c3ccccc3)c2C)nc(OCC)c1CN1CCCCC1C(=O)O. The van der Waals surface area contributed by atoms with Gasteiger partial charge in [-0.1, -0.05) is 55.0 Å². The Balaban J connectivity index is 1.60. The predicted octanol–water partition coefficient (Wildman–Crippen LogP) is 5.27. The van der Waals surface area contributed by atoms with Gasteiger partial charge in [-0.05, 0) is 62.4 Å². The summed E-state index contributed by atoms with van der Waals surface area (Å²) in [7, 11) is 0. The Morgan fingerprint density at radius 1 is 0.973 bits per heavy atom. The third-order valence-corrected chi connectivity index (χ3v) is 6.62. The van der Waals surface area contributed by atoms with Crippen molar-refractivity contribution in [1.82, 2.24) is 14.9 Å². The predicted molar refractivity (Wildman–Crippen MR) is 141 cm³/mol. The number of piperidine rings is 1. The van der Waals surface area contributed by atoms with Crippen molar-refractivity contribution in [2.45, 2.75) is 59.2 Å². The average molecular weight is 506 g/mol. The monoisotopic (exact) mass is 505 g/mol. The highest BCUT2D eigenvalue weighted by atomic mass is 16.5. The van der Waals surface area contributed by atoms with E-state index in [0.29, 0.717) is 50.0 Å². The van der Waals surface area contributed by atoms with E-state index in [2.05, 4.69) is 35.1 Å². The van der Waals surface area contributed by atoms with Crippen molar-refractivity contribution in [3.8, 4) is 28.9 Å². The minimum atomic E-state index is -0.815. The van der Waals surface area contributed by atoms with E-state index in [0.717, 1.165) is 35.1 Å². The highest BCUT2D eigenvalue weighted by Crippen LogP contribution is 2.32. The van der Waals surface area contributed by atoms with E-state index >= 15 is 0 Å². The van der Waals surface area contributed by atoms with Crippen molar-refractivity contribution in [3.05, 3.63) is 65.2 Å². The van der Waals surface area contributed by atoms with Gasteiger partial charge in [-0.2, -0.15) is 9.97 Å². The minimum Gasteiger partial charge on any atom is -0.480 e. The molecule has 2 heterocycles. The standard InChI is InChI=1S/C29H35N3O5/c1-4-35-26-24(18-32-17-10-9-16-25(32)28(33)34)27(36-5-2)31-29(30-26)37-19-22-14-11-15-23(20(22)3)21-12-7-6-8-13-21/h6-8,11-15,25H,4-5,9-10,16-19H2,1-3H3,(H,33,34). The largest absolute Gasteiger partial charge is 0.480 e. The maximum Gasteiger partial charge on any atom is 0.323 e. The lowest BCUT2D eigenvalue weighted by Gasteiger charge is -2.33. The van der Waals surface area contributed by atoms with Gasteiger partial charge in [-0.25, -0.2) is 0 Å². The van der Waals surface area contributed by atoms with Crippen LogP contribution in [-0.2, 0) is 17.9 Å². The van der Waals surface area contributed by atoms with Crippen LogP contribution in [0.4, 0.5) is 0 Å². The molecule has 1 atom stereocenters. The number of aromatic nitrogens is 2. The number of aliphatic carboxylic acids is 1. The Morgan fingerprint density at radius 2 is 1.68 bits per heavy atom. The molecule has 8 heteroatoms. The number of benzene rings is 2. The lowest BCUT2D eigenvalue weighted by Crippen LogP contribution is -2.44. The van der Waals surface area contributed by atoms with Crippen LogP contribution in [0.3, 0.4) is 0 Å². The molecule has 37 heavy (non-hydrogen) atoms. The van der Waals surface area contributed by atoms with Gasteiger partial charge in [0.25, 0.3) is 0 Å². The molecular formula is C29H35N3O5. The van der Waals surface area contributed by atoms with Crippen LogP contribution < -0.4 is 14.2 Å². The molecule has 0 aliphatic carbocycles. The molecule has 196 valence electrons. The number of nitrogens with zero attached hydrogens (tertiary/aromatic N) is 3. The van der Waals surface area contributed by atoms with E-state index in [-0.39, 0.29) is 12.6 Å². The molecule has 1 N–H and O–H groups in total. The quantitative estimate of drug-likeness (QED) is 0.377. The summed E-state index contributed by atoms with van der Waals surface area (Å²) in [4.78, 5) is 22.9. The van der Waals surface area contributed by atoms with Crippen molar-refractivity contribution in [2.24, 2.45) is 0 Å². The van der Waals surface area contributed by atoms with E-state index in [1.54, 1.807) is 0 Å². The minimum absolute atomic E-state index is 0.161. The van der Waals surface area contributed by atoms with Gasteiger partial charge in [0.1, 0.15) is 12.6 Å². The molecule has 2 aromatic carbocycles. The van der Waals surface area contributed by atoms with Crippen molar-refractivity contribution < 1.29 is 24.1 Å². The van der Waals surface area contributed by atoms with Crippen molar-refractivity contribution in [3.63, 3.8) is 0 Å². The first kappa shape index (κ1) is 26.4. The fraction of sp³-hybridized carbons (Fsp3) is 0.414. The van der Waals surface area contributed by atoms with Gasteiger partial charge in [-0.15, -0.1) is 0 Å². The third-order valence-electron chi connectivity index (χ3n) is 6.62. The third kappa shape index (κ3) is 6.38. The van der Waals surface area contributed by atoms with Gasteiger partial charge in [0.2, 0.25) is 11.8 Å². The van der Waals surface area contributed by atoms with Crippen LogP contribution in [0.2, 0.25) is 0 Å². The Morgan fingerprint density at radius 3 is 2.32 bits per heavy atom. The molecule has 1 fully saturated rings.